The van der Waals surface area contributed by atoms with Gasteiger partial charge in [0.05, 0.1) is 11.5 Å². The third-order valence-corrected chi connectivity index (χ3v) is 8.88. The van der Waals surface area contributed by atoms with Crippen LogP contribution in [0.4, 0.5) is 0 Å². The highest BCUT2D eigenvalue weighted by molar-refractivity contribution is 5.75. The summed E-state index contributed by atoms with van der Waals surface area (Å²) in [4.78, 5) is 15.3. The topological polar surface area (TPSA) is 49.8 Å². The van der Waals surface area contributed by atoms with Crippen molar-refractivity contribution in [3.8, 4) is 0 Å². The highest BCUT2D eigenvalue weighted by Gasteiger charge is 2.77. The van der Waals surface area contributed by atoms with Crippen LogP contribution in [0.25, 0.3) is 0 Å². The summed E-state index contributed by atoms with van der Waals surface area (Å²) >= 11 is 0. The Hall–Kier alpha value is -0.610. The third kappa shape index (κ3) is 2.22. The summed E-state index contributed by atoms with van der Waals surface area (Å²) in [6.07, 6.45) is 9.28. The van der Waals surface area contributed by atoms with Gasteiger partial charge in [0.2, 0.25) is 0 Å². The van der Waals surface area contributed by atoms with Crippen molar-refractivity contribution in [2.75, 3.05) is 19.6 Å². The summed E-state index contributed by atoms with van der Waals surface area (Å²) in [5.74, 6) is 0.499. The van der Waals surface area contributed by atoms with Gasteiger partial charge in [-0.3, -0.25) is 4.79 Å². The number of rotatable bonds is 2. The molecule has 0 bridgehead atoms. The van der Waals surface area contributed by atoms with Crippen molar-refractivity contribution in [3.63, 3.8) is 0 Å². The van der Waals surface area contributed by atoms with Crippen molar-refractivity contribution in [1.82, 2.24) is 4.90 Å². The monoisotopic (exact) mass is 347 g/mol. The van der Waals surface area contributed by atoms with Gasteiger partial charge in [0.15, 0.2) is 0 Å². The van der Waals surface area contributed by atoms with E-state index in [1.807, 2.05) is 6.92 Å². The summed E-state index contributed by atoms with van der Waals surface area (Å²) in [5.41, 5.74) is -0.0773. The number of aliphatic hydroxyl groups is 1. The first-order chi connectivity index (χ1) is 11.9. The molecule has 7 atom stereocenters. The smallest absolute Gasteiger partial charge is 0.310 e. The lowest BCUT2D eigenvalue weighted by atomic mass is 9.73. The largest absolute Gasteiger partial charge is 0.461 e. The normalized spacial score (nSPS) is 55.1. The second-order valence-electron chi connectivity index (χ2n) is 10.3. The molecule has 2 saturated heterocycles. The molecular formula is C21H33NO3. The Kier molecular flexibility index (Phi) is 3.46. The van der Waals surface area contributed by atoms with Gasteiger partial charge in [-0.1, -0.05) is 13.3 Å². The van der Waals surface area contributed by atoms with Crippen LogP contribution in [0.15, 0.2) is 0 Å². The van der Waals surface area contributed by atoms with Crippen molar-refractivity contribution < 1.29 is 14.6 Å². The Morgan fingerprint density at radius 3 is 2.68 bits per heavy atom. The molecule has 3 aliphatic carbocycles. The third-order valence-electron chi connectivity index (χ3n) is 8.88. The van der Waals surface area contributed by atoms with Gasteiger partial charge in [-0.2, -0.15) is 0 Å². The van der Waals surface area contributed by atoms with E-state index in [2.05, 4.69) is 11.8 Å². The molecule has 5 rings (SSSR count). The Balaban J connectivity index is 1.43. The van der Waals surface area contributed by atoms with Gasteiger partial charge >= 0.3 is 5.97 Å². The minimum absolute atomic E-state index is 0.0164. The molecule has 4 heteroatoms. The van der Waals surface area contributed by atoms with Crippen molar-refractivity contribution >= 4 is 5.97 Å². The second kappa shape index (κ2) is 5.22. The lowest BCUT2D eigenvalue weighted by Gasteiger charge is -2.36. The maximum Gasteiger partial charge on any atom is 0.310 e. The summed E-state index contributed by atoms with van der Waals surface area (Å²) in [6.45, 7) is 7.55. The SMILES string of the molecule is C[C@@]12CC[C@@H]3[C@H](OC(=O)[C@H]3CN3CCCCC3)[C@@H]3[C@]1(CC[C@@]3(C)O)C2. The number of carbonyl (C=O) groups is 1. The van der Waals surface area contributed by atoms with Crippen LogP contribution >= 0.6 is 0 Å². The molecule has 5 fully saturated rings. The minimum atomic E-state index is -0.675. The molecule has 0 radical (unpaired) electrons. The van der Waals surface area contributed by atoms with Crippen molar-refractivity contribution in [2.24, 2.45) is 28.6 Å². The lowest BCUT2D eigenvalue weighted by molar-refractivity contribution is -0.151. The lowest BCUT2D eigenvalue weighted by Crippen LogP contribution is -2.44. The molecule has 0 aromatic heterocycles. The molecule has 2 heterocycles. The van der Waals surface area contributed by atoms with Crippen LogP contribution in [-0.4, -0.2) is 47.3 Å². The van der Waals surface area contributed by atoms with E-state index in [1.54, 1.807) is 0 Å². The quantitative estimate of drug-likeness (QED) is 0.780. The van der Waals surface area contributed by atoms with Crippen LogP contribution in [-0.2, 0) is 9.53 Å². The zero-order valence-corrected chi connectivity index (χ0v) is 15.8. The van der Waals surface area contributed by atoms with Gasteiger partial charge in [-0.15, -0.1) is 0 Å². The Labute approximate surface area is 151 Å². The predicted molar refractivity (Wildman–Crippen MR) is 94.9 cm³/mol. The molecule has 1 N–H and O–H groups in total. The number of carbonyl (C=O) groups excluding carboxylic acids is 1. The molecule has 0 aromatic carbocycles. The first-order valence-electron chi connectivity index (χ1n) is 10.5. The summed E-state index contributed by atoms with van der Waals surface area (Å²) in [5, 5.41) is 11.2. The fourth-order valence-electron chi connectivity index (χ4n) is 7.42. The first-order valence-corrected chi connectivity index (χ1v) is 10.5. The predicted octanol–water partition coefficient (Wildman–Crippen LogP) is 2.98. The van der Waals surface area contributed by atoms with Gasteiger partial charge in [0, 0.05) is 18.4 Å². The maximum absolute atomic E-state index is 12.8. The average molecular weight is 347 g/mol. The zero-order chi connectivity index (χ0) is 17.4. The standard InChI is InChI=1S/C21H33NO3/c1-19-7-6-14-15(12-22-10-4-3-5-11-22)18(23)25-16(14)17-20(2,24)8-9-21(17,19)13-19/h14-17,24H,3-13H2,1-2H3/t14-,15-,16-,17-,19-,20+,21-/m0/s1. The van der Waals surface area contributed by atoms with Crippen molar-refractivity contribution in [3.05, 3.63) is 0 Å². The molecule has 3 saturated carbocycles. The van der Waals surface area contributed by atoms with E-state index in [1.165, 1.54) is 32.1 Å². The van der Waals surface area contributed by atoms with E-state index in [4.69, 9.17) is 4.74 Å². The molecular weight excluding hydrogens is 314 g/mol. The van der Waals surface area contributed by atoms with E-state index >= 15 is 0 Å². The molecule has 5 aliphatic rings. The molecule has 1 spiro atoms. The molecule has 2 aliphatic heterocycles. The first kappa shape index (κ1) is 16.6. The second-order valence-corrected chi connectivity index (χ2v) is 10.3. The molecule has 0 aromatic rings. The molecule has 25 heavy (non-hydrogen) atoms. The average Bonchev–Trinajstić information content (AvgIpc) is 2.94. The van der Waals surface area contributed by atoms with E-state index < -0.39 is 5.60 Å². The van der Waals surface area contributed by atoms with Crippen LogP contribution in [0.2, 0.25) is 0 Å². The fraction of sp³-hybridized carbons (Fsp3) is 0.952. The summed E-state index contributed by atoms with van der Waals surface area (Å²) in [7, 11) is 0. The number of piperidine rings is 1. The molecule has 0 unspecified atom stereocenters. The Morgan fingerprint density at radius 2 is 1.92 bits per heavy atom. The van der Waals surface area contributed by atoms with Crippen LogP contribution in [0.1, 0.15) is 65.2 Å². The number of hydrogen-bond donors (Lipinski definition) is 1. The Bertz CT molecular complexity index is 584. The summed E-state index contributed by atoms with van der Waals surface area (Å²) < 4.78 is 6.06. The number of fused-ring (bicyclic) bond motifs is 2. The molecule has 0 amide bonds. The summed E-state index contributed by atoms with van der Waals surface area (Å²) in [6, 6.07) is 0. The number of ether oxygens (including phenoxy) is 1. The van der Waals surface area contributed by atoms with Gasteiger partial charge < -0.3 is 14.7 Å². The van der Waals surface area contributed by atoms with Gasteiger partial charge in [-0.25, -0.2) is 0 Å². The number of nitrogens with zero attached hydrogens (tertiary/aromatic N) is 1. The van der Waals surface area contributed by atoms with Crippen LogP contribution in [0.3, 0.4) is 0 Å². The minimum Gasteiger partial charge on any atom is -0.461 e. The van der Waals surface area contributed by atoms with E-state index in [-0.39, 0.29) is 29.3 Å². The van der Waals surface area contributed by atoms with Crippen LogP contribution in [0.5, 0.6) is 0 Å². The zero-order valence-electron chi connectivity index (χ0n) is 15.8. The highest BCUT2D eigenvalue weighted by atomic mass is 16.6. The highest BCUT2D eigenvalue weighted by Crippen LogP contribution is 2.80. The van der Waals surface area contributed by atoms with Crippen LogP contribution in [0, 0.1) is 28.6 Å². The molecule has 4 nitrogen and oxygen atoms in total. The van der Waals surface area contributed by atoms with E-state index in [0.717, 1.165) is 38.9 Å². The van der Waals surface area contributed by atoms with Crippen molar-refractivity contribution in [1.29, 1.82) is 0 Å². The molecule has 140 valence electrons. The van der Waals surface area contributed by atoms with Crippen LogP contribution < -0.4 is 0 Å². The van der Waals surface area contributed by atoms with Gasteiger partial charge in [0.25, 0.3) is 0 Å². The maximum atomic E-state index is 12.8. The number of hydrogen-bond acceptors (Lipinski definition) is 4. The number of likely N-dealkylation sites (tertiary alicyclic amines) is 1. The van der Waals surface area contributed by atoms with E-state index in [0.29, 0.717) is 11.3 Å². The van der Waals surface area contributed by atoms with Gasteiger partial charge in [0.1, 0.15) is 6.10 Å². The number of esters is 1. The Morgan fingerprint density at radius 1 is 1.16 bits per heavy atom. The fourth-order valence-corrected chi connectivity index (χ4v) is 7.42. The van der Waals surface area contributed by atoms with E-state index in [9.17, 15) is 9.90 Å². The van der Waals surface area contributed by atoms with Crippen molar-refractivity contribution in [2.45, 2.75) is 76.9 Å². The van der Waals surface area contributed by atoms with Gasteiger partial charge in [-0.05, 0) is 75.8 Å².